The van der Waals surface area contributed by atoms with Gasteiger partial charge >= 0.3 is 0 Å². The average molecular weight is 186 g/mol. The molecule has 1 aliphatic carbocycles. The zero-order valence-electron chi connectivity index (χ0n) is 8.92. The third-order valence-electron chi connectivity index (χ3n) is 3.14. The third kappa shape index (κ3) is 3.65. The van der Waals surface area contributed by atoms with Gasteiger partial charge in [-0.3, -0.25) is 0 Å². The van der Waals surface area contributed by atoms with Crippen molar-refractivity contribution in [1.82, 2.24) is 0 Å². The summed E-state index contributed by atoms with van der Waals surface area (Å²) in [6.45, 7) is 1.79. The highest BCUT2D eigenvalue weighted by Crippen LogP contribution is 2.33. The second-order valence-electron chi connectivity index (χ2n) is 4.04. The summed E-state index contributed by atoms with van der Waals surface area (Å²) in [4.78, 5) is 0. The van der Waals surface area contributed by atoms with E-state index in [9.17, 15) is 0 Å². The third-order valence-corrected chi connectivity index (χ3v) is 3.14. The molecule has 1 unspecified atom stereocenters. The van der Waals surface area contributed by atoms with E-state index in [4.69, 9.17) is 9.47 Å². The molecule has 1 aliphatic rings. The molecule has 0 aromatic carbocycles. The zero-order chi connectivity index (χ0) is 9.52. The van der Waals surface area contributed by atoms with Crippen molar-refractivity contribution in [2.24, 2.45) is 11.8 Å². The summed E-state index contributed by atoms with van der Waals surface area (Å²) in [7, 11) is 3.58. The molecule has 0 aromatic rings. The molecule has 1 fully saturated rings. The van der Waals surface area contributed by atoms with Crippen molar-refractivity contribution in [2.75, 3.05) is 27.4 Å². The summed E-state index contributed by atoms with van der Waals surface area (Å²) in [6.07, 6.45) is 6.79. The minimum absolute atomic E-state index is 0.729. The van der Waals surface area contributed by atoms with Gasteiger partial charge in [0.15, 0.2) is 0 Å². The van der Waals surface area contributed by atoms with Crippen molar-refractivity contribution in [3.05, 3.63) is 0 Å². The van der Waals surface area contributed by atoms with Gasteiger partial charge in [-0.2, -0.15) is 0 Å². The first-order chi connectivity index (χ1) is 6.38. The van der Waals surface area contributed by atoms with Crippen molar-refractivity contribution in [1.29, 1.82) is 0 Å². The Hall–Kier alpha value is -0.0800. The topological polar surface area (TPSA) is 18.5 Å². The second kappa shape index (κ2) is 6.39. The lowest BCUT2D eigenvalue weighted by Crippen LogP contribution is -2.19. The van der Waals surface area contributed by atoms with Crippen LogP contribution in [0.4, 0.5) is 0 Å². The lowest BCUT2D eigenvalue weighted by atomic mass is 9.89. The normalized spacial score (nSPS) is 20.8. The molecule has 0 saturated heterocycles. The van der Waals surface area contributed by atoms with Gasteiger partial charge in [0, 0.05) is 27.4 Å². The molecule has 0 heterocycles. The molecule has 0 amide bonds. The highest BCUT2D eigenvalue weighted by atomic mass is 16.5. The maximum absolute atomic E-state index is 5.26. The fourth-order valence-corrected chi connectivity index (χ4v) is 2.37. The summed E-state index contributed by atoms with van der Waals surface area (Å²) >= 11 is 0. The van der Waals surface area contributed by atoms with E-state index in [0.717, 1.165) is 31.5 Å². The number of hydrogen-bond acceptors (Lipinski definition) is 2. The van der Waals surface area contributed by atoms with Crippen LogP contribution in [-0.2, 0) is 9.47 Å². The average Bonchev–Trinajstić information content (AvgIpc) is 2.65. The molecular weight excluding hydrogens is 164 g/mol. The summed E-state index contributed by atoms with van der Waals surface area (Å²) in [5, 5.41) is 0. The predicted octanol–water partition coefficient (Wildman–Crippen LogP) is 2.48. The van der Waals surface area contributed by atoms with Gasteiger partial charge in [-0.05, 0) is 18.3 Å². The highest BCUT2D eigenvalue weighted by molar-refractivity contribution is 4.75. The van der Waals surface area contributed by atoms with Crippen LogP contribution in [0.25, 0.3) is 0 Å². The standard InChI is InChI=1S/C11H22O2/c1-12-8-7-11(9-13-2)10-5-3-4-6-10/h10-11H,3-9H2,1-2H3. The van der Waals surface area contributed by atoms with E-state index >= 15 is 0 Å². The van der Waals surface area contributed by atoms with Crippen LogP contribution in [0, 0.1) is 11.8 Å². The Bertz CT molecular complexity index is 119. The van der Waals surface area contributed by atoms with Gasteiger partial charge in [0.1, 0.15) is 0 Å². The van der Waals surface area contributed by atoms with Crippen molar-refractivity contribution in [2.45, 2.75) is 32.1 Å². The summed E-state index contributed by atoms with van der Waals surface area (Å²) in [6, 6.07) is 0. The number of methoxy groups -OCH3 is 2. The van der Waals surface area contributed by atoms with E-state index < -0.39 is 0 Å². The van der Waals surface area contributed by atoms with Crippen LogP contribution < -0.4 is 0 Å². The molecule has 0 aromatic heterocycles. The Labute approximate surface area is 81.6 Å². The Morgan fingerprint density at radius 1 is 1.15 bits per heavy atom. The lowest BCUT2D eigenvalue weighted by Gasteiger charge is -2.22. The minimum atomic E-state index is 0.729. The fraction of sp³-hybridized carbons (Fsp3) is 1.00. The number of ether oxygens (including phenoxy) is 2. The summed E-state index contributed by atoms with van der Waals surface area (Å²) < 4.78 is 10.4. The van der Waals surface area contributed by atoms with E-state index in [-0.39, 0.29) is 0 Å². The van der Waals surface area contributed by atoms with E-state index in [0.29, 0.717) is 0 Å². The van der Waals surface area contributed by atoms with Crippen LogP contribution in [0.15, 0.2) is 0 Å². The predicted molar refractivity (Wildman–Crippen MR) is 53.8 cm³/mol. The van der Waals surface area contributed by atoms with Crippen LogP contribution in [0.2, 0.25) is 0 Å². The van der Waals surface area contributed by atoms with E-state index in [1.165, 1.54) is 25.7 Å². The Kier molecular flexibility index (Phi) is 5.40. The molecule has 0 bridgehead atoms. The van der Waals surface area contributed by atoms with Gasteiger partial charge in [0.05, 0.1) is 0 Å². The minimum Gasteiger partial charge on any atom is -0.385 e. The molecule has 13 heavy (non-hydrogen) atoms. The van der Waals surface area contributed by atoms with Crippen molar-refractivity contribution >= 4 is 0 Å². The molecular formula is C11H22O2. The molecule has 0 radical (unpaired) electrons. The van der Waals surface area contributed by atoms with Crippen LogP contribution >= 0.6 is 0 Å². The van der Waals surface area contributed by atoms with Gasteiger partial charge < -0.3 is 9.47 Å². The molecule has 0 aliphatic heterocycles. The highest BCUT2D eigenvalue weighted by Gasteiger charge is 2.24. The molecule has 0 spiro atoms. The summed E-state index contributed by atoms with van der Waals surface area (Å²) in [5.74, 6) is 1.63. The van der Waals surface area contributed by atoms with Crippen LogP contribution in [0.1, 0.15) is 32.1 Å². The maximum Gasteiger partial charge on any atom is 0.0493 e. The van der Waals surface area contributed by atoms with Gasteiger partial charge in [0.2, 0.25) is 0 Å². The van der Waals surface area contributed by atoms with E-state index in [1.807, 2.05) is 0 Å². The smallest absolute Gasteiger partial charge is 0.0493 e. The quantitative estimate of drug-likeness (QED) is 0.634. The monoisotopic (exact) mass is 186 g/mol. The fourth-order valence-electron chi connectivity index (χ4n) is 2.37. The van der Waals surface area contributed by atoms with Gasteiger partial charge in [-0.1, -0.05) is 25.7 Å². The van der Waals surface area contributed by atoms with Gasteiger partial charge in [-0.15, -0.1) is 0 Å². The number of hydrogen-bond donors (Lipinski definition) is 0. The van der Waals surface area contributed by atoms with Crippen LogP contribution in [0.5, 0.6) is 0 Å². The molecule has 1 saturated carbocycles. The summed E-state index contributed by atoms with van der Waals surface area (Å²) in [5.41, 5.74) is 0. The molecule has 0 N–H and O–H groups in total. The lowest BCUT2D eigenvalue weighted by molar-refractivity contribution is 0.0895. The first-order valence-corrected chi connectivity index (χ1v) is 5.36. The maximum atomic E-state index is 5.26. The SMILES string of the molecule is COCCC(COC)C1CCCC1. The van der Waals surface area contributed by atoms with Gasteiger partial charge in [0.25, 0.3) is 0 Å². The van der Waals surface area contributed by atoms with Crippen molar-refractivity contribution in [3.8, 4) is 0 Å². The first kappa shape index (κ1) is 11.0. The molecule has 2 nitrogen and oxygen atoms in total. The molecule has 1 rings (SSSR count). The zero-order valence-corrected chi connectivity index (χ0v) is 8.92. The molecule has 1 atom stereocenters. The Morgan fingerprint density at radius 2 is 1.85 bits per heavy atom. The Morgan fingerprint density at radius 3 is 2.38 bits per heavy atom. The van der Waals surface area contributed by atoms with Crippen LogP contribution in [0.3, 0.4) is 0 Å². The van der Waals surface area contributed by atoms with Crippen molar-refractivity contribution < 1.29 is 9.47 Å². The van der Waals surface area contributed by atoms with E-state index in [2.05, 4.69) is 0 Å². The van der Waals surface area contributed by atoms with Gasteiger partial charge in [-0.25, -0.2) is 0 Å². The van der Waals surface area contributed by atoms with Crippen LogP contribution in [-0.4, -0.2) is 27.4 Å². The van der Waals surface area contributed by atoms with E-state index in [1.54, 1.807) is 14.2 Å². The molecule has 78 valence electrons. The number of rotatable bonds is 6. The largest absolute Gasteiger partial charge is 0.385 e. The van der Waals surface area contributed by atoms with Crippen molar-refractivity contribution in [3.63, 3.8) is 0 Å². The molecule has 2 heteroatoms. The second-order valence-corrected chi connectivity index (χ2v) is 4.04. The Balaban J connectivity index is 2.26. The first-order valence-electron chi connectivity index (χ1n) is 5.36.